The number of hydroxylamine groups is 4. The van der Waals surface area contributed by atoms with E-state index in [1.54, 1.807) is 0 Å². The van der Waals surface area contributed by atoms with Crippen LogP contribution in [-0.2, 0) is 23.9 Å². The molecule has 4 aliphatic heterocycles. The van der Waals surface area contributed by atoms with Gasteiger partial charge in [-0.1, -0.05) is 0 Å². The molecule has 0 saturated carbocycles. The summed E-state index contributed by atoms with van der Waals surface area (Å²) in [5.74, 6) is 0. The maximum atomic E-state index is 6.13. The molecule has 0 bridgehead atoms. The summed E-state index contributed by atoms with van der Waals surface area (Å²) < 4.78 is 23.4. The van der Waals surface area contributed by atoms with Gasteiger partial charge in [0.25, 0.3) is 0 Å². The lowest BCUT2D eigenvalue weighted by Gasteiger charge is -2.41. The van der Waals surface area contributed by atoms with Crippen LogP contribution in [0.3, 0.4) is 0 Å². The standard InChI is InChI=1S/C16H30N4O5/c1-5-21-13(9-17-1)15-11-19(3-7-23-15)25-20-4-8-24-16(12-20)14-10-18-2-6-22-14/h13-18H,1-12H2. The van der Waals surface area contributed by atoms with Gasteiger partial charge in [-0.3, -0.25) is 0 Å². The lowest BCUT2D eigenvalue weighted by molar-refractivity contribution is -0.366. The number of hydrogen-bond acceptors (Lipinski definition) is 9. The van der Waals surface area contributed by atoms with Crippen molar-refractivity contribution in [2.75, 3.05) is 78.8 Å². The summed E-state index contributed by atoms with van der Waals surface area (Å²) in [6.07, 6.45) is 0.284. The van der Waals surface area contributed by atoms with Gasteiger partial charge in [-0.05, 0) is 0 Å². The second-order valence-corrected chi connectivity index (χ2v) is 6.90. The lowest BCUT2D eigenvalue weighted by atomic mass is 10.1. The molecule has 9 heteroatoms. The van der Waals surface area contributed by atoms with Gasteiger partial charge >= 0.3 is 0 Å². The third kappa shape index (κ3) is 4.88. The van der Waals surface area contributed by atoms with Crippen LogP contribution in [0.1, 0.15) is 0 Å². The Morgan fingerprint density at radius 1 is 0.640 bits per heavy atom. The first-order chi connectivity index (χ1) is 12.4. The fourth-order valence-corrected chi connectivity index (χ4v) is 3.71. The summed E-state index contributed by atoms with van der Waals surface area (Å²) in [4.78, 5) is 6.13. The molecule has 0 radical (unpaired) electrons. The molecule has 2 N–H and O–H groups in total. The van der Waals surface area contributed by atoms with E-state index >= 15 is 0 Å². The van der Waals surface area contributed by atoms with Gasteiger partial charge in [-0.25, -0.2) is 4.94 Å². The molecule has 4 atom stereocenters. The molecular formula is C16H30N4O5. The minimum absolute atomic E-state index is 0.0456. The zero-order valence-electron chi connectivity index (χ0n) is 14.7. The number of morpholine rings is 4. The smallest absolute Gasteiger partial charge is 0.1000 e. The van der Waals surface area contributed by atoms with Crippen LogP contribution in [-0.4, -0.2) is 113 Å². The zero-order chi connectivity index (χ0) is 16.9. The van der Waals surface area contributed by atoms with Crippen LogP contribution < -0.4 is 10.6 Å². The highest BCUT2D eigenvalue weighted by atomic mass is 16.8. The molecule has 9 nitrogen and oxygen atoms in total. The molecule has 0 aromatic carbocycles. The second kappa shape index (κ2) is 9.03. The predicted octanol–water partition coefficient (Wildman–Crippen LogP) is -1.79. The number of nitrogens with zero attached hydrogens (tertiary/aromatic N) is 2. The minimum Gasteiger partial charge on any atom is -0.373 e. The van der Waals surface area contributed by atoms with Crippen molar-refractivity contribution in [2.45, 2.75) is 24.4 Å². The van der Waals surface area contributed by atoms with E-state index in [0.717, 1.165) is 65.6 Å². The van der Waals surface area contributed by atoms with Crippen LogP contribution in [0.2, 0.25) is 0 Å². The zero-order valence-corrected chi connectivity index (χ0v) is 14.7. The lowest BCUT2D eigenvalue weighted by Crippen LogP contribution is -2.57. The highest BCUT2D eigenvalue weighted by Gasteiger charge is 2.34. The van der Waals surface area contributed by atoms with Gasteiger partial charge in [0.2, 0.25) is 0 Å². The third-order valence-corrected chi connectivity index (χ3v) is 5.09. The molecule has 0 aromatic heterocycles. The van der Waals surface area contributed by atoms with Crippen LogP contribution in [0.15, 0.2) is 0 Å². The average Bonchev–Trinajstić information content (AvgIpc) is 2.70. The van der Waals surface area contributed by atoms with Crippen molar-refractivity contribution in [3.8, 4) is 0 Å². The Balaban J connectivity index is 1.25. The summed E-state index contributed by atoms with van der Waals surface area (Å²) in [5.41, 5.74) is 0. The summed E-state index contributed by atoms with van der Waals surface area (Å²) in [6.45, 7) is 9.27. The fraction of sp³-hybridized carbons (Fsp3) is 1.00. The number of ether oxygens (including phenoxy) is 4. The van der Waals surface area contributed by atoms with Gasteiger partial charge in [-0.2, -0.15) is 10.1 Å². The Morgan fingerprint density at radius 3 is 1.56 bits per heavy atom. The van der Waals surface area contributed by atoms with E-state index in [1.165, 1.54) is 0 Å². The molecule has 4 fully saturated rings. The predicted molar refractivity (Wildman–Crippen MR) is 88.9 cm³/mol. The van der Waals surface area contributed by atoms with E-state index in [0.29, 0.717) is 13.2 Å². The van der Waals surface area contributed by atoms with E-state index in [1.807, 2.05) is 10.1 Å². The Morgan fingerprint density at radius 2 is 1.12 bits per heavy atom. The average molecular weight is 358 g/mol. The first kappa shape index (κ1) is 18.0. The summed E-state index contributed by atoms with van der Waals surface area (Å²) in [7, 11) is 0. The van der Waals surface area contributed by atoms with E-state index in [2.05, 4.69) is 10.6 Å². The number of rotatable bonds is 4. The molecule has 144 valence electrons. The Kier molecular flexibility index (Phi) is 6.51. The summed E-state index contributed by atoms with van der Waals surface area (Å²) in [6, 6.07) is 0. The SMILES string of the molecule is C1COC(C2CN(ON3CCOC(C4CNCCO4)C3)CCO2)CN1. The van der Waals surface area contributed by atoms with Gasteiger partial charge in [0.1, 0.15) is 0 Å². The van der Waals surface area contributed by atoms with Crippen molar-refractivity contribution in [1.82, 2.24) is 20.8 Å². The molecule has 4 saturated heterocycles. The van der Waals surface area contributed by atoms with E-state index in [9.17, 15) is 0 Å². The Bertz CT molecular complexity index is 370. The number of nitrogens with one attached hydrogen (secondary N) is 2. The molecule has 4 rings (SSSR count). The molecule has 0 amide bonds. The van der Waals surface area contributed by atoms with Crippen molar-refractivity contribution in [3.63, 3.8) is 0 Å². The van der Waals surface area contributed by atoms with Crippen LogP contribution >= 0.6 is 0 Å². The second-order valence-electron chi connectivity index (χ2n) is 6.90. The van der Waals surface area contributed by atoms with E-state index in [-0.39, 0.29) is 24.4 Å². The van der Waals surface area contributed by atoms with Crippen molar-refractivity contribution in [3.05, 3.63) is 0 Å². The highest BCUT2D eigenvalue weighted by molar-refractivity contribution is 4.82. The molecule has 0 aliphatic carbocycles. The number of hydrogen-bond donors (Lipinski definition) is 2. The maximum absolute atomic E-state index is 6.13. The summed E-state index contributed by atoms with van der Waals surface area (Å²) in [5, 5.41) is 10.7. The molecule has 0 spiro atoms. The van der Waals surface area contributed by atoms with Crippen molar-refractivity contribution >= 4 is 0 Å². The molecule has 4 heterocycles. The molecule has 4 aliphatic rings. The van der Waals surface area contributed by atoms with Gasteiger partial charge in [0, 0.05) is 39.3 Å². The fourth-order valence-electron chi connectivity index (χ4n) is 3.71. The maximum Gasteiger partial charge on any atom is 0.1000 e. The monoisotopic (exact) mass is 358 g/mol. The van der Waals surface area contributed by atoms with Crippen LogP contribution in [0, 0.1) is 0 Å². The van der Waals surface area contributed by atoms with E-state index < -0.39 is 0 Å². The van der Waals surface area contributed by atoms with Gasteiger partial charge in [-0.15, -0.1) is 0 Å². The first-order valence-electron chi connectivity index (χ1n) is 9.44. The van der Waals surface area contributed by atoms with Crippen LogP contribution in [0.4, 0.5) is 0 Å². The van der Waals surface area contributed by atoms with Gasteiger partial charge in [0.15, 0.2) is 0 Å². The largest absolute Gasteiger partial charge is 0.373 e. The van der Waals surface area contributed by atoms with Crippen molar-refractivity contribution in [2.24, 2.45) is 0 Å². The minimum atomic E-state index is 0.0456. The topological polar surface area (TPSA) is 76.7 Å². The highest BCUT2D eigenvalue weighted by Crippen LogP contribution is 2.17. The molecular weight excluding hydrogens is 328 g/mol. The van der Waals surface area contributed by atoms with Gasteiger partial charge < -0.3 is 29.6 Å². The molecule has 25 heavy (non-hydrogen) atoms. The first-order valence-corrected chi connectivity index (χ1v) is 9.44. The third-order valence-electron chi connectivity index (χ3n) is 5.09. The molecule has 4 unspecified atom stereocenters. The van der Waals surface area contributed by atoms with Crippen LogP contribution in [0.5, 0.6) is 0 Å². The van der Waals surface area contributed by atoms with Gasteiger partial charge in [0.05, 0.1) is 63.9 Å². The summed E-state index contributed by atoms with van der Waals surface area (Å²) >= 11 is 0. The van der Waals surface area contributed by atoms with E-state index in [4.69, 9.17) is 23.9 Å². The normalized spacial score (nSPS) is 39.4. The van der Waals surface area contributed by atoms with Crippen molar-refractivity contribution < 1.29 is 23.9 Å². The van der Waals surface area contributed by atoms with Crippen molar-refractivity contribution in [1.29, 1.82) is 0 Å². The quantitative estimate of drug-likeness (QED) is 0.606. The molecule has 0 aromatic rings. The Hall–Kier alpha value is -0.360. The Labute approximate surface area is 148 Å². The van der Waals surface area contributed by atoms with Crippen LogP contribution in [0.25, 0.3) is 0 Å².